The van der Waals surface area contributed by atoms with Gasteiger partial charge in [-0.2, -0.15) is 0 Å². The number of nitrogens with zero attached hydrogens (tertiary/aromatic N) is 1. The van der Waals surface area contributed by atoms with Crippen LogP contribution >= 0.6 is 0 Å². The maximum Gasteiger partial charge on any atom is 0.0593 e. The van der Waals surface area contributed by atoms with E-state index < -0.39 is 0 Å². The zero-order valence-electron chi connectivity index (χ0n) is 13.6. The molecule has 2 unspecified atom stereocenters. The quantitative estimate of drug-likeness (QED) is 0.758. The summed E-state index contributed by atoms with van der Waals surface area (Å²) in [5, 5.41) is 3.83. The first-order valence-electron chi connectivity index (χ1n) is 8.86. The van der Waals surface area contributed by atoms with Gasteiger partial charge in [-0.3, -0.25) is 4.90 Å². The van der Waals surface area contributed by atoms with Crippen molar-refractivity contribution in [2.24, 2.45) is 5.92 Å². The van der Waals surface area contributed by atoms with Gasteiger partial charge in [0.05, 0.1) is 6.61 Å². The van der Waals surface area contributed by atoms with Crippen LogP contribution in [0, 0.1) is 5.92 Å². The Hall–Kier alpha value is -0.120. The third-order valence-corrected chi connectivity index (χ3v) is 5.11. The standard InChI is InChI=1S/C17H34N2O/c1-3-12-20-13-11-19-14-17(18-10-9-15(19)2)16-7-5-4-6-8-16/h15-18H,3-14H2,1-2H3. The molecule has 1 saturated heterocycles. The van der Waals surface area contributed by atoms with Crippen molar-refractivity contribution in [2.75, 3.05) is 32.8 Å². The Morgan fingerprint density at radius 2 is 1.90 bits per heavy atom. The highest BCUT2D eigenvalue weighted by atomic mass is 16.5. The van der Waals surface area contributed by atoms with Crippen molar-refractivity contribution < 1.29 is 4.74 Å². The van der Waals surface area contributed by atoms with Gasteiger partial charge in [-0.1, -0.05) is 26.2 Å². The fourth-order valence-electron chi connectivity index (χ4n) is 3.75. The Bertz CT molecular complexity index is 253. The molecule has 20 heavy (non-hydrogen) atoms. The van der Waals surface area contributed by atoms with Gasteiger partial charge in [-0.05, 0) is 45.1 Å². The molecule has 0 amide bonds. The molecule has 3 heteroatoms. The molecule has 0 aromatic rings. The van der Waals surface area contributed by atoms with Crippen molar-refractivity contribution in [3.8, 4) is 0 Å². The SMILES string of the molecule is CCCOCCN1CC(C2CCCCC2)NCCC1C. The fourth-order valence-corrected chi connectivity index (χ4v) is 3.75. The smallest absolute Gasteiger partial charge is 0.0593 e. The summed E-state index contributed by atoms with van der Waals surface area (Å²) < 4.78 is 5.69. The van der Waals surface area contributed by atoms with Crippen LogP contribution in [0.1, 0.15) is 58.8 Å². The highest BCUT2D eigenvalue weighted by Crippen LogP contribution is 2.28. The molecule has 0 spiro atoms. The van der Waals surface area contributed by atoms with Crippen molar-refractivity contribution >= 4 is 0 Å². The predicted molar refractivity (Wildman–Crippen MR) is 85.1 cm³/mol. The second-order valence-electron chi connectivity index (χ2n) is 6.70. The number of nitrogens with one attached hydrogen (secondary N) is 1. The average molecular weight is 282 g/mol. The van der Waals surface area contributed by atoms with Crippen molar-refractivity contribution in [1.29, 1.82) is 0 Å². The van der Waals surface area contributed by atoms with Gasteiger partial charge < -0.3 is 10.1 Å². The first-order valence-corrected chi connectivity index (χ1v) is 8.86. The van der Waals surface area contributed by atoms with E-state index in [9.17, 15) is 0 Å². The Kier molecular flexibility index (Phi) is 7.32. The Morgan fingerprint density at radius 3 is 2.65 bits per heavy atom. The van der Waals surface area contributed by atoms with Crippen molar-refractivity contribution in [1.82, 2.24) is 10.2 Å². The molecule has 0 bridgehead atoms. The van der Waals surface area contributed by atoms with Gasteiger partial charge in [0.2, 0.25) is 0 Å². The summed E-state index contributed by atoms with van der Waals surface area (Å²) in [7, 11) is 0. The molecule has 2 aliphatic rings. The van der Waals surface area contributed by atoms with Crippen LogP contribution in [0.2, 0.25) is 0 Å². The van der Waals surface area contributed by atoms with E-state index >= 15 is 0 Å². The number of rotatable bonds is 6. The normalized spacial score (nSPS) is 30.3. The summed E-state index contributed by atoms with van der Waals surface area (Å²) in [6.45, 7) is 9.88. The van der Waals surface area contributed by atoms with Gasteiger partial charge in [0.25, 0.3) is 0 Å². The first kappa shape index (κ1) is 16.3. The summed E-state index contributed by atoms with van der Waals surface area (Å²) in [4.78, 5) is 2.66. The molecule has 0 aromatic carbocycles. The van der Waals surface area contributed by atoms with Crippen LogP contribution in [0.3, 0.4) is 0 Å². The summed E-state index contributed by atoms with van der Waals surface area (Å²) in [5.74, 6) is 0.910. The Morgan fingerprint density at radius 1 is 1.10 bits per heavy atom. The molecule has 0 radical (unpaired) electrons. The van der Waals surface area contributed by atoms with Crippen molar-refractivity contribution in [3.63, 3.8) is 0 Å². The zero-order chi connectivity index (χ0) is 14.2. The van der Waals surface area contributed by atoms with E-state index in [-0.39, 0.29) is 0 Å². The highest BCUT2D eigenvalue weighted by molar-refractivity contribution is 4.86. The van der Waals surface area contributed by atoms with Gasteiger partial charge >= 0.3 is 0 Å². The molecular weight excluding hydrogens is 248 g/mol. The Balaban J connectivity index is 1.81. The summed E-state index contributed by atoms with van der Waals surface area (Å²) in [6.07, 6.45) is 9.61. The van der Waals surface area contributed by atoms with E-state index in [1.54, 1.807) is 0 Å². The first-order chi connectivity index (χ1) is 9.81. The monoisotopic (exact) mass is 282 g/mol. The molecule has 0 aromatic heterocycles. The van der Waals surface area contributed by atoms with E-state index in [0.29, 0.717) is 12.1 Å². The minimum Gasteiger partial charge on any atom is -0.380 e. The predicted octanol–water partition coefficient (Wildman–Crippen LogP) is 3.05. The molecule has 2 fully saturated rings. The summed E-state index contributed by atoms with van der Waals surface area (Å²) in [5.41, 5.74) is 0. The summed E-state index contributed by atoms with van der Waals surface area (Å²) in [6, 6.07) is 1.41. The van der Waals surface area contributed by atoms with Crippen LogP contribution in [-0.2, 0) is 4.74 Å². The van der Waals surface area contributed by atoms with Crippen LogP contribution < -0.4 is 5.32 Å². The molecular formula is C17H34N2O. The lowest BCUT2D eigenvalue weighted by Gasteiger charge is -2.34. The molecule has 2 atom stereocenters. The van der Waals surface area contributed by atoms with E-state index in [0.717, 1.165) is 32.1 Å². The number of hydrogen-bond donors (Lipinski definition) is 1. The van der Waals surface area contributed by atoms with Gasteiger partial charge in [0.1, 0.15) is 0 Å². The molecule has 1 aliphatic heterocycles. The molecule has 1 N–H and O–H groups in total. The third-order valence-electron chi connectivity index (χ3n) is 5.11. The fraction of sp³-hybridized carbons (Fsp3) is 1.00. The minimum absolute atomic E-state index is 0.696. The maximum atomic E-state index is 5.69. The van der Waals surface area contributed by atoms with Gasteiger partial charge in [-0.15, -0.1) is 0 Å². The molecule has 2 rings (SSSR count). The van der Waals surface area contributed by atoms with Crippen LogP contribution in [0.5, 0.6) is 0 Å². The lowest BCUT2D eigenvalue weighted by atomic mass is 9.83. The molecule has 118 valence electrons. The maximum absolute atomic E-state index is 5.69. The van der Waals surface area contributed by atoms with E-state index in [2.05, 4.69) is 24.1 Å². The lowest BCUT2D eigenvalue weighted by molar-refractivity contribution is 0.0841. The summed E-state index contributed by atoms with van der Waals surface area (Å²) >= 11 is 0. The van der Waals surface area contributed by atoms with Gasteiger partial charge in [0, 0.05) is 31.8 Å². The van der Waals surface area contributed by atoms with E-state index in [1.807, 2.05) is 0 Å². The van der Waals surface area contributed by atoms with Gasteiger partial charge in [0.15, 0.2) is 0 Å². The third kappa shape index (κ3) is 5.01. The van der Waals surface area contributed by atoms with Crippen molar-refractivity contribution in [3.05, 3.63) is 0 Å². The number of ether oxygens (including phenoxy) is 1. The van der Waals surface area contributed by atoms with E-state index in [1.165, 1.54) is 51.6 Å². The average Bonchev–Trinajstić information content (AvgIpc) is 2.67. The van der Waals surface area contributed by atoms with Crippen LogP contribution in [0.4, 0.5) is 0 Å². The molecule has 1 aliphatic carbocycles. The van der Waals surface area contributed by atoms with Crippen LogP contribution in [0.25, 0.3) is 0 Å². The second kappa shape index (κ2) is 9.01. The topological polar surface area (TPSA) is 24.5 Å². The lowest BCUT2D eigenvalue weighted by Crippen LogP contribution is -2.45. The van der Waals surface area contributed by atoms with Crippen LogP contribution in [-0.4, -0.2) is 49.8 Å². The second-order valence-corrected chi connectivity index (χ2v) is 6.70. The van der Waals surface area contributed by atoms with E-state index in [4.69, 9.17) is 4.74 Å². The largest absolute Gasteiger partial charge is 0.380 e. The number of hydrogen-bond acceptors (Lipinski definition) is 3. The Labute approximate surface area is 125 Å². The zero-order valence-corrected chi connectivity index (χ0v) is 13.6. The van der Waals surface area contributed by atoms with Crippen LogP contribution in [0.15, 0.2) is 0 Å². The highest BCUT2D eigenvalue weighted by Gasteiger charge is 2.29. The molecule has 1 heterocycles. The van der Waals surface area contributed by atoms with Gasteiger partial charge in [-0.25, -0.2) is 0 Å². The molecule has 3 nitrogen and oxygen atoms in total. The van der Waals surface area contributed by atoms with Crippen molar-refractivity contribution in [2.45, 2.75) is 70.9 Å². The minimum atomic E-state index is 0.696. The molecule has 1 saturated carbocycles.